The highest BCUT2D eigenvalue weighted by molar-refractivity contribution is 6.31. The summed E-state index contributed by atoms with van der Waals surface area (Å²) in [5.41, 5.74) is 1.49. The zero-order chi connectivity index (χ0) is 24.3. The Labute approximate surface area is 204 Å². The first kappa shape index (κ1) is 24.9. The van der Waals surface area contributed by atoms with Crippen molar-refractivity contribution in [2.24, 2.45) is 5.92 Å². The van der Waals surface area contributed by atoms with E-state index >= 15 is 0 Å². The zero-order valence-electron chi connectivity index (χ0n) is 18.6. The van der Waals surface area contributed by atoms with Crippen LogP contribution in [-0.2, 0) is 20.9 Å². The Bertz CT molecular complexity index is 1150. The van der Waals surface area contributed by atoms with E-state index in [-0.39, 0.29) is 11.8 Å². The summed E-state index contributed by atoms with van der Waals surface area (Å²) in [7, 11) is 0. The first-order valence-electron chi connectivity index (χ1n) is 11.1. The number of nitrogens with zero attached hydrogens (tertiary/aromatic N) is 1. The van der Waals surface area contributed by atoms with Crippen molar-refractivity contribution in [2.75, 3.05) is 4.90 Å². The van der Waals surface area contributed by atoms with Crippen LogP contribution in [0.3, 0.4) is 0 Å². The number of carboxylic acid groups (broad SMARTS) is 1. The number of carbonyl (C=O) groups excluding carboxylic acids is 2. The Kier molecular flexibility index (Phi) is 9.14. The van der Waals surface area contributed by atoms with Gasteiger partial charge in [0.2, 0.25) is 5.91 Å². The van der Waals surface area contributed by atoms with E-state index in [4.69, 9.17) is 16.7 Å². The first-order chi connectivity index (χ1) is 16.5. The van der Waals surface area contributed by atoms with Crippen LogP contribution in [0.1, 0.15) is 37.7 Å². The van der Waals surface area contributed by atoms with Crippen LogP contribution in [0.5, 0.6) is 0 Å². The predicted octanol–water partition coefficient (Wildman–Crippen LogP) is 4.03. The van der Waals surface area contributed by atoms with Gasteiger partial charge in [0.15, 0.2) is 0 Å². The van der Waals surface area contributed by atoms with E-state index in [0.717, 1.165) is 18.4 Å². The van der Waals surface area contributed by atoms with Crippen molar-refractivity contribution in [3.8, 4) is 23.7 Å². The van der Waals surface area contributed by atoms with E-state index in [1.165, 1.54) is 4.90 Å². The van der Waals surface area contributed by atoms with Crippen LogP contribution in [0.15, 0.2) is 54.6 Å². The number of halogens is 1. The van der Waals surface area contributed by atoms with Crippen LogP contribution in [0.2, 0.25) is 5.02 Å². The van der Waals surface area contributed by atoms with E-state index in [2.05, 4.69) is 23.1 Å². The molecule has 3 rings (SSSR count). The summed E-state index contributed by atoms with van der Waals surface area (Å²) in [5.74, 6) is 8.21. The number of nitrogens with one attached hydrogen (secondary N) is 1. The van der Waals surface area contributed by atoms with Gasteiger partial charge in [0.05, 0.1) is 0 Å². The van der Waals surface area contributed by atoms with Crippen molar-refractivity contribution in [1.82, 2.24) is 5.32 Å². The van der Waals surface area contributed by atoms with Crippen molar-refractivity contribution in [3.63, 3.8) is 0 Å². The summed E-state index contributed by atoms with van der Waals surface area (Å²) in [6, 6.07) is 15.7. The molecular weight excluding hydrogens is 452 g/mol. The highest BCUT2D eigenvalue weighted by atomic mass is 35.5. The smallest absolute Gasteiger partial charge is 0.381 e. The molecule has 1 fully saturated rings. The highest BCUT2D eigenvalue weighted by Crippen LogP contribution is 2.38. The van der Waals surface area contributed by atoms with E-state index in [0.29, 0.717) is 36.5 Å². The molecule has 0 radical (unpaired) electrons. The van der Waals surface area contributed by atoms with Gasteiger partial charge in [-0.15, -0.1) is 0 Å². The fourth-order valence-electron chi connectivity index (χ4n) is 3.48. The van der Waals surface area contributed by atoms with Crippen LogP contribution in [0.25, 0.3) is 0 Å². The van der Waals surface area contributed by atoms with Crippen LogP contribution in [0.4, 0.5) is 5.69 Å². The summed E-state index contributed by atoms with van der Waals surface area (Å²) >= 11 is 6.18. The number of hydrogen-bond acceptors (Lipinski definition) is 3. The Morgan fingerprint density at radius 1 is 1.03 bits per heavy atom. The number of hydrogen-bond donors (Lipinski definition) is 2. The van der Waals surface area contributed by atoms with Gasteiger partial charge in [-0.2, -0.15) is 0 Å². The summed E-state index contributed by atoms with van der Waals surface area (Å²) in [5, 5.41) is 12.0. The lowest BCUT2D eigenvalue weighted by Crippen LogP contribution is -2.51. The van der Waals surface area contributed by atoms with Crippen molar-refractivity contribution in [3.05, 3.63) is 65.2 Å². The second kappa shape index (κ2) is 12.5. The molecule has 2 aromatic carbocycles. The second-order valence-electron chi connectivity index (χ2n) is 7.90. The Morgan fingerprint density at radius 3 is 2.38 bits per heavy atom. The van der Waals surface area contributed by atoms with Gasteiger partial charge >= 0.3 is 11.9 Å². The molecule has 6 nitrogen and oxygen atoms in total. The minimum Gasteiger partial charge on any atom is -0.472 e. The SMILES string of the molecule is O=C(O)C#CCCCC#CC(=O)N(c1cccc(Cl)c1)C(C(=O)NCc1ccccc1)C1CC1. The van der Waals surface area contributed by atoms with E-state index in [1.54, 1.807) is 24.3 Å². The third-order valence-corrected chi connectivity index (χ3v) is 5.46. The molecular formula is C27H25ClN2O4. The average molecular weight is 477 g/mol. The van der Waals surface area contributed by atoms with Gasteiger partial charge in [-0.25, -0.2) is 4.79 Å². The molecule has 0 spiro atoms. The zero-order valence-corrected chi connectivity index (χ0v) is 19.3. The molecule has 0 bridgehead atoms. The van der Waals surface area contributed by atoms with Gasteiger partial charge in [0.1, 0.15) is 6.04 Å². The molecule has 1 atom stereocenters. The second-order valence-corrected chi connectivity index (χ2v) is 8.34. The van der Waals surface area contributed by atoms with E-state index in [1.807, 2.05) is 36.3 Å². The predicted molar refractivity (Wildman–Crippen MR) is 131 cm³/mol. The molecule has 2 aromatic rings. The molecule has 2 amide bonds. The number of carbonyl (C=O) groups is 3. The number of carboxylic acids is 1. The van der Waals surface area contributed by atoms with Crippen molar-refractivity contribution < 1.29 is 19.5 Å². The normalized spacial score (nSPS) is 12.9. The van der Waals surface area contributed by atoms with Crippen LogP contribution in [-0.4, -0.2) is 28.9 Å². The van der Waals surface area contributed by atoms with Crippen molar-refractivity contribution in [1.29, 1.82) is 0 Å². The number of anilines is 1. The molecule has 1 aliphatic carbocycles. The van der Waals surface area contributed by atoms with Crippen LogP contribution in [0, 0.1) is 29.6 Å². The van der Waals surface area contributed by atoms with E-state index < -0.39 is 17.9 Å². The molecule has 174 valence electrons. The minimum absolute atomic E-state index is 0.0480. The fraction of sp³-hybridized carbons (Fsp3) is 0.296. The topological polar surface area (TPSA) is 86.7 Å². The molecule has 2 N–H and O–H groups in total. The lowest BCUT2D eigenvalue weighted by Gasteiger charge is -2.30. The Morgan fingerprint density at radius 2 is 1.74 bits per heavy atom. The monoisotopic (exact) mass is 476 g/mol. The van der Waals surface area contributed by atoms with E-state index in [9.17, 15) is 14.4 Å². The highest BCUT2D eigenvalue weighted by Gasteiger charge is 2.42. The number of amides is 2. The molecule has 7 heteroatoms. The lowest BCUT2D eigenvalue weighted by molar-refractivity contribution is -0.130. The molecule has 0 aliphatic heterocycles. The lowest BCUT2D eigenvalue weighted by atomic mass is 10.1. The van der Waals surface area contributed by atoms with Gasteiger partial charge in [-0.3, -0.25) is 14.5 Å². The summed E-state index contributed by atoms with van der Waals surface area (Å²) in [6.07, 6.45) is 3.01. The average Bonchev–Trinajstić information content (AvgIpc) is 3.65. The number of benzene rings is 2. The first-order valence-corrected chi connectivity index (χ1v) is 11.4. The van der Waals surface area contributed by atoms with Gasteiger partial charge in [0.25, 0.3) is 0 Å². The van der Waals surface area contributed by atoms with Gasteiger partial charge < -0.3 is 10.4 Å². The molecule has 0 heterocycles. The summed E-state index contributed by atoms with van der Waals surface area (Å²) < 4.78 is 0. The largest absolute Gasteiger partial charge is 0.472 e. The van der Waals surface area contributed by atoms with Gasteiger partial charge in [-0.1, -0.05) is 59.8 Å². The summed E-state index contributed by atoms with van der Waals surface area (Å²) in [4.78, 5) is 38.3. The molecule has 34 heavy (non-hydrogen) atoms. The molecule has 1 aliphatic rings. The maximum absolute atomic E-state index is 13.3. The van der Waals surface area contributed by atoms with Crippen molar-refractivity contribution >= 4 is 35.1 Å². The Balaban J connectivity index is 1.76. The Hall–Kier alpha value is -3.74. The maximum atomic E-state index is 13.3. The van der Waals surface area contributed by atoms with Gasteiger partial charge in [0, 0.05) is 36.0 Å². The molecule has 0 aromatic heterocycles. The molecule has 1 unspecified atom stereocenters. The maximum Gasteiger partial charge on any atom is 0.381 e. The number of unbranched alkanes of at least 4 members (excludes halogenated alkanes) is 2. The minimum atomic E-state index is -1.17. The third kappa shape index (κ3) is 7.69. The number of aliphatic carboxylic acids is 1. The standard InChI is InChI=1S/C27H25ClN2O4/c28-22-12-9-13-23(18-22)30(24(31)14-7-2-1-3-8-15-25(32)33)26(21-16-17-21)27(34)29-19-20-10-5-4-6-11-20/h4-6,9-13,18,21,26H,1-3,16-17,19H2,(H,29,34)(H,32,33). The van der Waals surface area contributed by atoms with Crippen LogP contribution < -0.4 is 10.2 Å². The quantitative estimate of drug-likeness (QED) is 0.445. The summed E-state index contributed by atoms with van der Waals surface area (Å²) in [6.45, 7) is 0.365. The van der Waals surface area contributed by atoms with Gasteiger partial charge in [-0.05, 0) is 54.9 Å². The van der Waals surface area contributed by atoms with Crippen LogP contribution >= 0.6 is 11.6 Å². The molecule has 1 saturated carbocycles. The van der Waals surface area contributed by atoms with Crippen molar-refractivity contribution in [2.45, 2.75) is 44.7 Å². The fourth-order valence-corrected chi connectivity index (χ4v) is 3.66. The third-order valence-electron chi connectivity index (χ3n) is 5.22. The number of rotatable bonds is 8. The molecule has 0 saturated heterocycles.